The molecule has 0 aliphatic heterocycles. The lowest BCUT2D eigenvalue weighted by Gasteiger charge is -2.09. The largest absolute Gasteiger partial charge is 0.394 e. The van der Waals surface area contributed by atoms with Crippen molar-refractivity contribution in [2.24, 2.45) is 0 Å². The molecule has 0 bridgehead atoms. The van der Waals surface area contributed by atoms with Gasteiger partial charge in [-0.2, -0.15) is 0 Å². The molecule has 0 saturated heterocycles. The van der Waals surface area contributed by atoms with Crippen LogP contribution in [0, 0.1) is 0 Å². The van der Waals surface area contributed by atoms with Gasteiger partial charge in [0, 0.05) is 0 Å². The Kier molecular flexibility index (Phi) is 6.51. The fourth-order valence-corrected chi connectivity index (χ4v) is 0.656. The van der Waals surface area contributed by atoms with Crippen LogP contribution in [0.4, 0.5) is 0 Å². The molecule has 0 radical (unpaired) electrons. The van der Waals surface area contributed by atoms with E-state index in [1.54, 1.807) is 0 Å². The zero-order valence-electron chi connectivity index (χ0n) is 5.41. The molecular weight excluding hydrogens is 140 g/mol. The molecule has 0 aromatic carbocycles. The second-order valence-corrected chi connectivity index (χ2v) is 2.37. The van der Waals surface area contributed by atoms with E-state index in [0.717, 1.165) is 0 Å². The van der Waals surface area contributed by atoms with Crippen LogP contribution in [0.15, 0.2) is 0 Å². The Balaban J connectivity index is 3.09. The maximum absolute atomic E-state index is 8.46. The van der Waals surface area contributed by atoms with Gasteiger partial charge < -0.3 is 14.9 Å². The van der Waals surface area contributed by atoms with Crippen molar-refractivity contribution in [3.8, 4) is 0 Å². The minimum Gasteiger partial charge on any atom is -0.394 e. The molecular formula is C5H12O3S. The van der Waals surface area contributed by atoms with Crippen molar-refractivity contribution >= 4 is 11.8 Å². The average molecular weight is 152 g/mol. The fraction of sp³-hybridized carbons (Fsp3) is 1.00. The number of aliphatic hydroxyl groups excluding tert-OH is 2. The van der Waals surface area contributed by atoms with Gasteiger partial charge in [0.2, 0.25) is 0 Å². The monoisotopic (exact) mass is 152 g/mol. The number of rotatable bonds is 5. The van der Waals surface area contributed by atoms with Crippen molar-refractivity contribution in [2.45, 2.75) is 6.10 Å². The number of hydrogen-bond acceptors (Lipinski definition) is 4. The maximum atomic E-state index is 8.46. The summed E-state index contributed by atoms with van der Waals surface area (Å²) in [4.78, 5) is 0. The van der Waals surface area contributed by atoms with Gasteiger partial charge in [0.25, 0.3) is 0 Å². The molecule has 3 nitrogen and oxygen atoms in total. The zero-order valence-corrected chi connectivity index (χ0v) is 6.23. The summed E-state index contributed by atoms with van der Waals surface area (Å²) in [6.07, 6.45) is 1.49. The molecule has 0 amide bonds. The highest BCUT2D eigenvalue weighted by Gasteiger charge is 2.02. The van der Waals surface area contributed by atoms with Crippen LogP contribution in [0.5, 0.6) is 0 Å². The van der Waals surface area contributed by atoms with Crippen LogP contribution in [0.2, 0.25) is 0 Å². The van der Waals surface area contributed by atoms with E-state index in [9.17, 15) is 0 Å². The minimum absolute atomic E-state index is 0.114. The summed E-state index contributed by atoms with van der Waals surface area (Å²) in [5.41, 5.74) is 0. The van der Waals surface area contributed by atoms with Crippen LogP contribution in [0.3, 0.4) is 0 Å². The highest BCUT2D eigenvalue weighted by molar-refractivity contribution is 7.98. The first-order valence-electron chi connectivity index (χ1n) is 2.67. The third kappa shape index (κ3) is 4.72. The molecule has 0 aromatic rings. The molecule has 4 heteroatoms. The minimum atomic E-state index is -0.405. The molecule has 0 heterocycles. The van der Waals surface area contributed by atoms with Gasteiger partial charge in [-0.3, -0.25) is 0 Å². The molecule has 0 saturated carbocycles. The van der Waals surface area contributed by atoms with E-state index in [-0.39, 0.29) is 13.2 Å². The zero-order chi connectivity index (χ0) is 7.11. The van der Waals surface area contributed by atoms with E-state index in [4.69, 9.17) is 14.9 Å². The predicted molar refractivity (Wildman–Crippen MR) is 37.4 cm³/mol. The molecule has 56 valence electrons. The Morgan fingerprint density at radius 3 is 2.33 bits per heavy atom. The molecule has 0 aliphatic rings. The first-order valence-corrected chi connectivity index (χ1v) is 4.06. The van der Waals surface area contributed by atoms with E-state index in [0.29, 0.717) is 5.94 Å². The normalized spacial score (nSPS) is 10.7. The average Bonchev–Trinajstić information content (AvgIpc) is 1.91. The van der Waals surface area contributed by atoms with Gasteiger partial charge in [-0.05, 0) is 6.26 Å². The maximum Gasteiger partial charge on any atom is 0.105 e. The van der Waals surface area contributed by atoms with Gasteiger partial charge in [-0.1, -0.05) is 0 Å². The van der Waals surface area contributed by atoms with Crippen LogP contribution in [-0.4, -0.2) is 41.7 Å². The van der Waals surface area contributed by atoms with E-state index in [2.05, 4.69) is 0 Å². The second kappa shape index (κ2) is 6.35. The Labute approximate surface area is 59.0 Å². The molecule has 2 N–H and O–H groups in total. The molecule has 0 unspecified atom stereocenters. The van der Waals surface area contributed by atoms with Crippen LogP contribution in [0.1, 0.15) is 0 Å². The van der Waals surface area contributed by atoms with Gasteiger partial charge in [0.15, 0.2) is 0 Å². The summed E-state index contributed by atoms with van der Waals surface area (Å²) in [6.45, 7) is -0.228. The van der Waals surface area contributed by atoms with Crippen LogP contribution in [0.25, 0.3) is 0 Å². The molecule has 9 heavy (non-hydrogen) atoms. The van der Waals surface area contributed by atoms with E-state index < -0.39 is 6.10 Å². The summed E-state index contributed by atoms with van der Waals surface area (Å²) >= 11 is 1.52. The summed E-state index contributed by atoms with van der Waals surface area (Å²) in [6, 6.07) is 0. The van der Waals surface area contributed by atoms with Gasteiger partial charge in [-0.15, -0.1) is 11.8 Å². The number of hydrogen-bond donors (Lipinski definition) is 2. The predicted octanol–water partition coefficient (Wildman–Crippen LogP) is -0.323. The van der Waals surface area contributed by atoms with Gasteiger partial charge in [0.1, 0.15) is 6.10 Å². The van der Waals surface area contributed by atoms with Crippen LogP contribution < -0.4 is 0 Å². The van der Waals surface area contributed by atoms with Crippen molar-refractivity contribution in [3.63, 3.8) is 0 Å². The lowest BCUT2D eigenvalue weighted by molar-refractivity contribution is 0.00221. The Hall–Kier alpha value is 0.230. The third-order valence-electron chi connectivity index (χ3n) is 0.829. The van der Waals surface area contributed by atoms with Crippen molar-refractivity contribution in [1.82, 2.24) is 0 Å². The molecule has 0 aliphatic carbocycles. The second-order valence-electron chi connectivity index (χ2n) is 1.56. The Bertz CT molecular complexity index is 56.2. The van der Waals surface area contributed by atoms with Crippen molar-refractivity contribution < 1.29 is 14.9 Å². The van der Waals surface area contributed by atoms with Crippen molar-refractivity contribution in [3.05, 3.63) is 0 Å². The summed E-state index contributed by atoms with van der Waals surface area (Å²) in [5.74, 6) is 0.520. The molecule has 0 spiro atoms. The van der Waals surface area contributed by atoms with Gasteiger partial charge in [-0.25, -0.2) is 0 Å². The highest BCUT2D eigenvalue weighted by Crippen LogP contribution is 1.96. The van der Waals surface area contributed by atoms with E-state index >= 15 is 0 Å². The Morgan fingerprint density at radius 1 is 1.44 bits per heavy atom. The number of ether oxygens (including phenoxy) is 1. The summed E-state index contributed by atoms with van der Waals surface area (Å²) in [5, 5.41) is 16.9. The lowest BCUT2D eigenvalue weighted by atomic mass is 10.4. The van der Waals surface area contributed by atoms with Crippen LogP contribution in [-0.2, 0) is 4.74 Å². The lowest BCUT2D eigenvalue weighted by Crippen LogP contribution is -2.21. The van der Waals surface area contributed by atoms with Crippen LogP contribution >= 0.6 is 11.8 Å². The number of aliphatic hydroxyl groups is 2. The highest BCUT2D eigenvalue weighted by atomic mass is 32.2. The van der Waals surface area contributed by atoms with Gasteiger partial charge in [0.05, 0.1) is 19.2 Å². The first-order chi connectivity index (χ1) is 4.35. The van der Waals surface area contributed by atoms with Crippen molar-refractivity contribution in [1.29, 1.82) is 0 Å². The molecule has 0 aromatic heterocycles. The SMILES string of the molecule is CSCOC(CO)CO. The molecule has 0 rings (SSSR count). The smallest absolute Gasteiger partial charge is 0.105 e. The topological polar surface area (TPSA) is 49.7 Å². The third-order valence-corrected chi connectivity index (χ3v) is 1.20. The van der Waals surface area contributed by atoms with E-state index in [1.807, 2.05) is 6.26 Å². The van der Waals surface area contributed by atoms with Crippen molar-refractivity contribution in [2.75, 3.05) is 25.4 Å². The fourth-order valence-electron chi connectivity index (χ4n) is 0.327. The van der Waals surface area contributed by atoms with E-state index in [1.165, 1.54) is 11.8 Å². The molecule has 0 atom stereocenters. The summed E-state index contributed by atoms with van der Waals surface area (Å²) < 4.78 is 4.95. The first kappa shape index (κ1) is 9.23. The Morgan fingerprint density at radius 2 is 2.00 bits per heavy atom. The summed E-state index contributed by atoms with van der Waals surface area (Å²) in [7, 11) is 0. The van der Waals surface area contributed by atoms with Gasteiger partial charge >= 0.3 is 0 Å². The molecule has 0 fully saturated rings. The quantitative estimate of drug-likeness (QED) is 0.530. The standard InChI is InChI=1S/C5H12O3S/c1-9-4-8-5(2-6)3-7/h5-7H,2-4H2,1H3. The number of thioether (sulfide) groups is 1.